The molecule has 0 saturated heterocycles. The normalized spacial score (nSPS) is 15.5. The largest absolute Gasteiger partial charge is 0.368 e. The van der Waals surface area contributed by atoms with Gasteiger partial charge in [-0.25, -0.2) is 8.78 Å². The number of hydrogen-bond donors (Lipinski definition) is 1. The van der Waals surface area contributed by atoms with Crippen LogP contribution in [0.4, 0.5) is 14.5 Å². The average molecular weight is 451 g/mol. The summed E-state index contributed by atoms with van der Waals surface area (Å²) in [5, 5.41) is 11.6. The molecule has 0 radical (unpaired) electrons. The lowest BCUT2D eigenvalue weighted by Gasteiger charge is -2.35. The van der Waals surface area contributed by atoms with Crippen molar-refractivity contribution in [3.8, 4) is 0 Å². The molecular weight excluding hydrogens is 432 g/mol. The van der Waals surface area contributed by atoms with E-state index >= 15 is 0 Å². The van der Waals surface area contributed by atoms with Gasteiger partial charge in [-0.15, -0.1) is 0 Å². The van der Waals surface area contributed by atoms with Gasteiger partial charge in [0.2, 0.25) is 5.91 Å². The zero-order valence-corrected chi connectivity index (χ0v) is 17.3. The van der Waals surface area contributed by atoms with E-state index in [1.165, 1.54) is 24.3 Å². The van der Waals surface area contributed by atoms with E-state index in [9.17, 15) is 28.5 Å². The van der Waals surface area contributed by atoms with Crippen LogP contribution in [0.2, 0.25) is 0 Å². The van der Waals surface area contributed by atoms with Gasteiger partial charge in [0.25, 0.3) is 11.6 Å². The fourth-order valence-electron chi connectivity index (χ4n) is 4.40. The molecule has 9 heteroatoms. The molecule has 168 valence electrons. The average Bonchev–Trinajstić information content (AvgIpc) is 3.21. The molecule has 4 rings (SSSR count). The van der Waals surface area contributed by atoms with E-state index in [0.717, 1.165) is 17.0 Å². The summed E-state index contributed by atoms with van der Waals surface area (Å²) in [4.78, 5) is 38.4. The Kier molecular flexibility index (Phi) is 5.87. The van der Waals surface area contributed by atoms with Gasteiger partial charge in [0.05, 0.1) is 11.0 Å². The number of para-hydroxylation sites is 1. The van der Waals surface area contributed by atoms with Crippen LogP contribution in [0.25, 0.3) is 0 Å². The summed E-state index contributed by atoms with van der Waals surface area (Å²) in [6, 6.07) is 13.2. The minimum Gasteiger partial charge on any atom is -0.368 e. The summed E-state index contributed by atoms with van der Waals surface area (Å²) in [6.45, 7) is 0. The van der Waals surface area contributed by atoms with Crippen molar-refractivity contribution in [3.05, 3.63) is 111 Å². The highest BCUT2D eigenvalue weighted by atomic mass is 19.1. The zero-order valence-electron chi connectivity index (χ0n) is 17.3. The third-order valence-corrected chi connectivity index (χ3v) is 5.79. The van der Waals surface area contributed by atoms with E-state index in [1.54, 1.807) is 30.3 Å². The second-order valence-corrected chi connectivity index (χ2v) is 7.71. The van der Waals surface area contributed by atoms with Gasteiger partial charge in [-0.3, -0.25) is 19.7 Å². The van der Waals surface area contributed by atoms with Crippen LogP contribution in [0.5, 0.6) is 0 Å². The monoisotopic (exact) mass is 451 g/mol. The molecule has 0 heterocycles. The molecule has 0 aliphatic heterocycles. The molecule has 3 aromatic rings. The third kappa shape index (κ3) is 4.05. The third-order valence-electron chi connectivity index (χ3n) is 5.79. The standard InChI is InChI=1S/C24H19F2N3O4/c25-15-12-18-16(19(26)13-15)10-11-20(18)28(22(23(27)30)14-6-2-1-3-7-14)24(31)17-8-4-5-9-21(17)29(32)33/h1-9,12-13,20,22H,10-11H2,(H2,27,30)/t20-,22?/m1/s1. The Balaban J connectivity index is 1.92. The van der Waals surface area contributed by atoms with Gasteiger partial charge in [0.15, 0.2) is 0 Å². The molecule has 0 spiro atoms. The lowest BCUT2D eigenvalue weighted by Crippen LogP contribution is -2.43. The van der Waals surface area contributed by atoms with E-state index in [2.05, 4.69) is 0 Å². The van der Waals surface area contributed by atoms with E-state index in [-0.39, 0.29) is 29.5 Å². The number of nitrogens with zero attached hydrogens (tertiary/aromatic N) is 2. The number of halogens is 2. The quantitative estimate of drug-likeness (QED) is 0.447. The first kappa shape index (κ1) is 22.1. The number of fused-ring (bicyclic) bond motifs is 1. The van der Waals surface area contributed by atoms with Crippen LogP contribution in [0, 0.1) is 21.7 Å². The number of nitro benzene ring substituents is 1. The van der Waals surface area contributed by atoms with Crippen molar-refractivity contribution < 1.29 is 23.3 Å². The van der Waals surface area contributed by atoms with Crippen molar-refractivity contribution in [2.24, 2.45) is 5.73 Å². The van der Waals surface area contributed by atoms with E-state index < -0.39 is 46.1 Å². The molecular formula is C24H19F2N3O4. The van der Waals surface area contributed by atoms with Gasteiger partial charge in [0, 0.05) is 12.1 Å². The summed E-state index contributed by atoms with van der Waals surface area (Å²) in [7, 11) is 0. The van der Waals surface area contributed by atoms with Crippen LogP contribution in [-0.2, 0) is 11.2 Å². The first-order valence-corrected chi connectivity index (χ1v) is 10.2. The number of rotatable bonds is 6. The van der Waals surface area contributed by atoms with Crippen LogP contribution < -0.4 is 5.73 Å². The summed E-state index contributed by atoms with van der Waals surface area (Å²) < 4.78 is 28.6. The number of benzene rings is 3. The number of carbonyl (C=O) groups is 2. The van der Waals surface area contributed by atoms with Crippen LogP contribution >= 0.6 is 0 Å². The predicted molar refractivity (Wildman–Crippen MR) is 115 cm³/mol. The number of nitrogens with two attached hydrogens (primary N) is 1. The second-order valence-electron chi connectivity index (χ2n) is 7.71. The second kappa shape index (κ2) is 8.78. The molecule has 7 nitrogen and oxygen atoms in total. The molecule has 33 heavy (non-hydrogen) atoms. The Morgan fingerprint density at radius 2 is 1.73 bits per heavy atom. The Labute approximate surface area is 187 Å². The molecule has 2 amide bonds. The number of primary amides is 1. The van der Waals surface area contributed by atoms with Crippen LogP contribution in [0.1, 0.15) is 45.6 Å². The minimum absolute atomic E-state index is 0.193. The number of hydrogen-bond acceptors (Lipinski definition) is 4. The van der Waals surface area contributed by atoms with Crippen LogP contribution in [0.3, 0.4) is 0 Å². The summed E-state index contributed by atoms with van der Waals surface area (Å²) >= 11 is 0. The maximum absolute atomic E-state index is 14.4. The fraction of sp³-hybridized carbons (Fsp3) is 0.167. The van der Waals surface area contributed by atoms with Gasteiger partial charge in [-0.1, -0.05) is 42.5 Å². The van der Waals surface area contributed by atoms with Crippen molar-refractivity contribution >= 4 is 17.5 Å². The molecule has 0 saturated carbocycles. The van der Waals surface area contributed by atoms with Crippen LogP contribution in [0.15, 0.2) is 66.7 Å². The molecule has 1 unspecified atom stereocenters. The molecule has 1 aliphatic rings. The fourth-order valence-corrected chi connectivity index (χ4v) is 4.40. The SMILES string of the molecule is NC(=O)C(c1ccccc1)N(C(=O)c1ccccc1[N+](=O)[O-])[C@@H]1CCc2c(F)cc(F)cc21. The molecule has 0 aromatic heterocycles. The predicted octanol–water partition coefficient (Wildman–Crippen LogP) is 4.23. The first-order valence-electron chi connectivity index (χ1n) is 10.2. The van der Waals surface area contributed by atoms with Crippen LogP contribution in [-0.4, -0.2) is 21.6 Å². The Morgan fingerprint density at radius 3 is 2.39 bits per heavy atom. The van der Waals surface area contributed by atoms with Gasteiger partial charge >= 0.3 is 0 Å². The Bertz CT molecular complexity index is 1250. The molecule has 0 fully saturated rings. The molecule has 1 aliphatic carbocycles. The molecule has 2 atom stereocenters. The molecule has 0 bridgehead atoms. The minimum atomic E-state index is -1.32. The summed E-state index contributed by atoms with van der Waals surface area (Å²) in [5.74, 6) is -3.29. The number of carbonyl (C=O) groups excluding carboxylic acids is 2. The number of nitro groups is 1. The number of amides is 2. The smallest absolute Gasteiger partial charge is 0.282 e. The van der Waals surface area contributed by atoms with E-state index in [0.29, 0.717) is 5.56 Å². The molecule has 2 N–H and O–H groups in total. The summed E-state index contributed by atoms with van der Waals surface area (Å²) in [6.07, 6.45) is 0.395. The Hall–Kier alpha value is -4.14. The highest BCUT2D eigenvalue weighted by Crippen LogP contribution is 2.43. The van der Waals surface area contributed by atoms with Crippen molar-refractivity contribution in [2.75, 3.05) is 0 Å². The van der Waals surface area contributed by atoms with Crippen molar-refractivity contribution in [1.82, 2.24) is 4.90 Å². The lowest BCUT2D eigenvalue weighted by atomic mass is 9.97. The van der Waals surface area contributed by atoms with Gasteiger partial charge in [-0.2, -0.15) is 0 Å². The topological polar surface area (TPSA) is 107 Å². The first-order chi connectivity index (χ1) is 15.8. The zero-order chi connectivity index (χ0) is 23.7. The maximum atomic E-state index is 14.4. The molecule has 3 aromatic carbocycles. The van der Waals surface area contributed by atoms with Crippen molar-refractivity contribution in [3.63, 3.8) is 0 Å². The van der Waals surface area contributed by atoms with Gasteiger partial charge in [0.1, 0.15) is 23.2 Å². The van der Waals surface area contributed by atoms with E-state index in [1.807, 2.05) is 0 Å². The lowest BCUT2D eigenvalue weighted by molar-refractivity contribution is -0.385. The maximum Gasteiger partial charge on any atom is 0.282 e. The Morgan fingerprint density at radius 1 is 1.06 bits per heavy atom. The van der Waals surface area contributed by atoms with Crippen molar-refractivity contribution in [2.45, 2.75) is 24.9 Å². The van der Waals surface area contributed by atoms with Gasteiger partial charge in [-0.05, 0) is 41.7 Å². The highest BCUT2D eigenvalue weighted by Gasteiger charge is 2.41. The van der Waals surface area contributed by atoms with Crippen molar-refractivity contribution in [1.29, 1.82) is 0 Å². The highest BCUT2D eigenvalue weighted by molar-refractivity contribution is 6.01. The van der Waals surface area contributed by atoms with Gasteiger partial charge < -0.3 is 10.6 Å². The van der Waals surface area contributed by atoms with E-state index in [4.69, 9.17) is 5.73 Å². The summed E-state index contributed by atoms with van der Waals surface area (Å²) in [5.41, 5.74) is 5.83.